The predicted molar refractivity (Wildman–Crippen MR) is 49.5 cm³/mol. The first-order valence-electron chi connectivity index (χ1n) is 4.32. The fourth-order valence-corrected chi connectivity index (χ4v) is 0.504. The van der Waals surface area contributed by atoms with E-state index < -0.39 is 12.2 Å². The van der Waals surface area contributed by atoms with Crippen LogP contribution in [0.25, 0.3) is 0 Å². The molecule has 0 spiro atoms. The Morgan fingerprint density at radius 1 is 0.750 bits per heavy atom. The summed E-state index contributed by atoms with van der Waals surface area (Å²) >= 11 is 0. The zero-order chi connectivity index (χ0) is 9.72. The van der Waals surface area contributed by atoms with Crippen molar-refractivity contribution in [3.05, 3.63) is 0 Å². The lowest BCUT2D eigenvalue weighted by atomic mass is 10.1. The molecule has 70 valence electrons. The molecule has 0 rings (SSSR count). The summed E-state index contributed by atoms with van der Waals surface area (Å²) in [6.45, 7) is 7.56. The van der Waals surface area contributed by atoms with Crippen LogP contribution >= 0.6 is 0 Å². The van der Waals surface area contributed by atoms with Crippen LogP contribution in [0, 0.1) is 23.7 Å². The maximum absolute atomic E-state index is 9.27. The monoisotopic (exact) mass is 170 g/mol. The van der Waals surface area contributed by atoms with E-state index in [1.165, 1.54) is 0 Å². The molecule has 0 aliphatic heterocycles. The summed E-state index contributed by atoms with van der Waals surface area (Å²) in [4.78, 5) is 0. The first-order valence-corrected chi connectivity index (χ1v) is 4.32. The molecule has 0 aliphatic rings. The van der Waals surface area contributed by atoms with E-state index in [1.807, 2.05) is 27.7 Å². The fraction of sp³-hybridized carbons (Fsp3) is 0.800. The smallest absolute Gasteiger partial charge is 0.117 e. The molecule has 2 heteroatoms. The average molecular weight is 170 g/mol. The van der Waals surface area contributed by atoms with Gasteiger partial charge in [-0.1, -0.05) is 39.5 Å². The molecule has 0 radical (unpaired) electrons. The van der Waals surface area contributed by atoms with E-state index in [9.17, 15) is 10.2 Å². The second-order valence-electron chi connectivity index (χ2n) is 3.67. The van der Waals surface area contributed by atoms with Crippen LogP contribution in [0.5, 0.6) is 0 Å². The van der Waals surface area contributed by atoms with Crippen molar-refractivity contribution in [3.8, 4) is 11.8 Å². The minimum atomic E-state index is -0.626. The van der Waals surface area contributed by atoms with Crippen molar-refractivity contribution in [2.75, 3.05) is 0 Å². The highest BCUT2D eigenvalue weighted by molar-refractivity contribution is 5.10. The van der Waals surface area contributed by atoms with Crippen LogP contribution in [0.1, 0.15) is 27.7 Å². The zero-order valence-corrected chi connectivity index (χ0v) is 8.20. The third-order valence-corrected chi connectivity index (χ3v) is 1.64. The molecular weight excluding hydrogens is 152 g/mol. The summed E-state index contributed by atoms with van der Waals surface area (Å²) in [5.74, 6) is 5.48. The Hall–Kier alpha value is -0.520. The third-order valence-electron chi connectivity index (χ3n) is 1.64. The molecular formula is C10H18O2. The second-order valence-corrected chi connectivity index (χ2v) is 3.67. The SMILES string of the molecule is CC(C)C(O)C#CC(O)C(C)C. The normalized spacial score (nSPS) is 15.7. The van der Waals surface area contributed by atoms with Gasteiger partial charge < -0.3 is 10.2 Å². The van der Waals surface area contributed by atoms with Crippen LogP contribution in [-0.2, 0) is 0 Å². The van der Waals surface area contributed by atoms with Gasteiger partial charge in [0.25, 0.3) is 0 Å². The topological polar surface area (TPSA) is 40.5 Å². The number of rotatable bonds is 2. The molecule has 0 aromatic heterocycles. The number of hydrogen-bond acceptors (Lipinski definition) is 2. The summed E-state index contributed by atoms with van der Waals surface area (Å²) in [5, 5.41) is 18.5. The summed E-state index contributed by atoms with van der Waals surface area (Å²) < 4.78 is 0. The van der Waals surface area contributed by atoms with Gasteiger partial charge in [0.05, 0.1) is 0 Å². The van der Waals surface area contributed by atoms with Crippen molar-refractivity contribution in [3.63, 3.8) is 0 Å². The quantitative estimate of drug-likeness (QED) is 0.607. The van der Waals surface area contributed by atoms with Crippen molar-refractivity contribution < 1.29 is 10.2 Å². The van der Waals surface area contributed by atoms with Crippen molar-refractivity contribution in [1.29, 1.82) is 0 Å². The van der Waals surface area contributed by atoms with Crippen molar-refractivity contribution in [2.45, 2.75) is 39.9 Å². The molecule has 2 nitrogen and oxygen atoms in total. The highest BCUT2D eigenvalue weighted by atomic mass is 16.3. The minimum absolute atomic E-state index is 0.122. The predicted octanol–water partition coefficient (Wildman–Crippen LogP) is 1.02. The van der Waals surface area contributed by atoms with Crippen LogP contribution in [0.3, 0.4) is 0 Å². The van der Waals surface area contributed by atoms with Gasteiger partial charge in [-0.05, 0) is 11.8 Å². The Morgan fingerprint density at radius 3 is 1.17 bits per heavy atom. The van der Waals surface area contributed by atoms with Gasteiger partial charge in [0.2, 0.25) is 0 Å². The Labute approximate surface area is 74.6 Å². The summed E-state index contributed by atoms with van der Waals surface area (Å²) in [7, 11) is 0. The van der Waals surface area contributed by atoms with Crippen LogP contribution < -0.4 is 0 Å². The van der Waals surface area contributed by atoms with Gasteiger partial charge in [-0.3, -0.25) is 0 Å². The van der Waals surface area contributed by atoms with Gasteiger partial charge in [-0.15, -0.1) is 0 Å². The summed E-state index contributed by atoms with van der Waals surface area (Å²) in [5.41, 5.74) is 0. The number of aliphatic hydroxyl groups is 2. The molecule has 0 bridgehead atoms. The van der Waals surface area contributed by atoms with Crippen molar-refractivity contribution in [1.82, 2.24) is 0 Å². The van der Waals surface area contributed by atoms with E-state index >= 15 is 0 Å². The van der Waals surface area contributed by atoms with Crippen LogP contribution in [0.15, 0.2) is 0 Å². The molecule has 0 saturated carbocycles. The van der Waals surface area contributed by atoms with E-state index in [0.29, 0.717) is 0 Å². The van der Waals surface area contributed by atoms with Gasteiger partial charge in [0.15, 0.2) is 0 Å². The van der Waals surface area contributed by atoms with Gasteiger partial charge in [-0.2, -0.15) is 0 Å². The summed E-state index contributed by atoms with van der Waals surface area (Å²) in [6.07, 6.45) is -1.25. The van der Waals surface area contributed by atoms with Gasteiger partial charge in [0, 0.05) is 0 Å². The lowest BCUT2D eigenvalue weighted by molar-refractivity contribution is 0.171. The van der Waals surface area contributed by atoms with Crippen LogP contribution in [0.2, 0.25) is 0 Å². The molecule has 0 aromatic rings. The first kappa shape index (κ1) is 11.5. The molecule has 12 heavy (non-hydrogen) atoms. The second kappa shape index (κ2) is 5.18. The standard InChI is InChI=1S/C10H18O2/c1-7(2)9(11)5-6-10(12)8(3)4/h7-12H,1-4H3. The number of hydrogen-bond donors (Lipinski definition) is 2. The fourth-order valence-electron chi connectivity index (χ4n) is 0.504. The largest absolute Gasteiger partial charge is 0.380 e. The van der Waals surface area contributed by atoms with Gasteiger partial charge in [-0.25, -0.2) is 0 Å². The van der Waals surface area contributed by atoms with E-state index in [-0.39, 0.29) is 11.8 Å². The van der Waals surface area contributed by atoms with E-state index in [2.05, 4.69) is 11.8 Å². The molecule has 0 amide bonds. The first-order chi connectivity index (χ1) is 5.45. The molecule has 0 aliphatic carbocycles. The third kappa shape index (κ3) is 4.38. The minimum Gasteiger partial charge on any atom is -0.380 e. The Morgan fingerprint density at radius 2 is 1.00 bits per heavy atom. The van der Waals surface area contributed by atoms with Gasteiger partial charge >= 0.3 is 0 Å². The Balaban J connectivity index is 4.02. The van der Waals surface area contributed by atoms with E-state index in [0.717, 1.165) is 0 Å². The van der Waals surface area contributed by atoms with Gasteiger partial charge in [0.1, 0.15) is 12.2 Å². The zero-order valence-electron chi connectivity index (χ0n) is 8.20. The molecule has 2 N–H and O–H groups in total. The highest BCUT2D eigenvalue weighted by Crippen LogP contribution is 2.01. The van der Waals surface area contributed by atoms with Crippen LogP contribution in [-0.4, -0.2) is 22.4 Å². The molecule has 0 saturated heterocycles. The molecule has 2 unspecified atom stereocenters. The van der Waals surface area contributed by atoms with Crippen molar-refractivity contribution in [2.24, 2.45) is 11.8 Å². The maximum Gasteiger partial charge on any atom is 0.117 e. The van der Waals surface area contributed by atoms with Crippen LogP contribution in [0.4, 0.5) is 0 Å². The Bertz CT molecular complexity index is 156. The molecule has 0 fully saturated rings. The lowest BCUT2D eigenvalue weighted by Gasteiger charge is -2.08. The highest BCUT2D eigenvalue weighted by Gasteiger charge is 2.07. The van der Waals surface area contributed by atoms with E-state index in [4.69, 9.17) is 0 Å². The van der Waals surface area contributed by atoms with Crippen molar-refractivity contribution >= 4 is 0 Å². The molecule has 2 atom stereocenters. The Kier molecular flexibility index (Phi) is 4.96. The average Bonchev–Trinajstić information content (AvgIpc) is 1.98. The summed E-state index contributed by atoms with van der Waals surface area (Å²) in [6, 6.07) is 0. The molecule has 0 heterocycles. The maximum atomic E-state index is 9.27. The molecule has 0 aromatic carbocycles. The van der Waals surface area contributed by atoms with E-state index in [1.54, 1.807) is 0 Å². The lowest BCUT2D eigenvalue weighted by Crippen LogP contribution is -2.15. The number of aliphatic hydroxyl groups excluding tert-OH is 2.